The monoisotopic (exact) mass is 342 g/mol. The van der Waals surface area contributed by atoms with Gasteiger partial charge in [0.1, 0.15) is 0 Å². The molecule has 4 heteroatoms. The summed E-state index contributed by atoms with van der Waals surface area (Å²) in [6.45, 7) is 4.69. The zero-order valence-electron chi connectivity index (χ0n) is 13.9. The molecule has 2 atom stereocenters. The number of halogens is 1. The van der Waals surface area contributed by atoms with E-state index in [4.69, 9.17) is 11.6 Å². The van der Waals surface area contributed by atoms with Crippen LogP contribution in [0.3, 0.4) is 0 Å². The molecule has 1 fully saturated rings. The Labute approximate surface area is 148 Å². The molecule has 0 spiro atoms. The van der Waals surface area contributed by atoms with Gasteiger partial charge >= 0.3 is 0 Å². The van der Waals surface area contributed by atoms with Crippen LogP contribution in [-0.4, -0.2) is 30.4 Å². The number of amides is 1. The fourth-order valence-electron chi connectivity index (χ4n) is 3.27. The smallest absolute Gasteiger partial charge is 0.234 e. The van der Waals surface area contributed by atoms with Crippen molar-refractivity contribution in [1.82, 2.24) is 10.2 Å². The van der Waals surface area contributed by atoms with Gasteiger partial charge in [-0.15, -0.1) is 0 Å². The molecule has 126 valence electrons. The first-order valence-electron chi connectivity index (χ1n) is 8.44. The first-order chi connectivity index (χ1) is 11.6. The number of carbonyl (C=O) groups excluding carboxylic acids is 1. The Morgan fingerprint density at radius 3 is 2.62 bits per heavy atom. The van der Waals surface area contributed by atoms with E-state index in [-0.39, 0.29) is 11.9 Å². The Bertz CT molecular complexity index is 689. The summed E-state index contributed by atoms with van der Waals surface area (Å²) in [6.07, 6.45) is 1.17. The Hall–Kier alpha value is -1.84. The van der Waals surface area contributed by atoms with Gasteiger partial charge < -0.3 is 5.32 Å². The first-order valence-corrected chi connectivity index (χ1v) is 8.82. The summed E-state index contributed by atoms with van der Waals surface area (Å²) in [5, 5.41) is 3.86. The van der Waals surface area contributed by atoms with Crippen molar-refractivity contribution >= 4 is 17.5 Å². The predicted molar refractivity (Wildman–Crippen MR) is 98.1 cm³/mol. The van der Waals surface area contributed by atoms with E-state index < -0.39 is 0 Å². The molecule has 3 rings (SSSR count). The van der Waals surface area contributed by atoms with Crippen LogP contribution in [0.4, 0.5) is 0 Å². The molecule has 1 aliphatic rings. The molecule has 0 aromatic heterocycles. The van der Waals surface area contributed by atoms with Crippen LogP contribution in [-0.2, 0) is 4.79 Å². The summed E-state index contributed by atoms with van der Waals surface area (Å²) in [4.78, 5) is 14.8. The molecule has 0 saturated carbocycles. The van der Waals surface area contributed by atoms with Gasteiger partial charge in [-0.05, 0) is 42.1 Å². The van der Waals surface area contributed by atoms with Crippen molar-refractivity contribution in [2.24, 2.45) is 5.92 Å². The van der Waals surface area contributed by atoms with Crippen LogP contribution in [0, 0.1) is 5.92 Å². The molecule has 24 heavy (non-hydrogen) atoms. The average Bonchev–Trinajstić information content (AvgIpc) is 2.98. The molecule has 1 heterocycles. The summed E-state index contributed by atoms with van der Waals surface area (Å²) >= 11 is 6.15. The fraction of sp³-hybridized carbons (Fsp3) is 0.350. The molecule has 1 amide bonds. The van der Waals surface area contributed by atoms with E-state index in [0.717, 1.165) is 24.2 Å². The highest BCUT2D eigenvalue weighted by Gasteiger charge is 2.23. The second kappa shape index (κ2) is 7.82. The average molecular weight is 343 g/mol. The van der Waals surface area contributed by atoms with Crippen LogP contribution < -0.4 is 5.32 Å². The molecule has 0 bridgehead atoms. The van der Waals surface area contributed by atoms with Gasteiger partial charge in [-0.25, -0.2) is 0 Å². The fourth-order valence-corrected chi connectivity index (χ4v) is 3.47. The summed E-state index contributed by atoms with van der Waals surface area (Å²) < 4.78 is 0. The number of nitrogens with zero attached hydrogens (tertiary/aromatic N) is 1. The van der Waals surface area contributed by atoms with Crippen LogP contribution >= 0.6 is 11.6 Å². The number of hydrogen-bond acceptors (Lipinski definition) is 2. The standard InChI is InChI=1S/C20H23ClN2O/c1-15-10-11-23(13-15)14-19(24)22-20(16-6-3-2-4-7-16)17-8-5-9-18(21)12-17/h2-9,12,15,20H,10-11,13-14H2,1H3,(H,22,24). The van der Waals surface area contributed by atoms with E-state index in [1.807, 2.05) is 54.6 Å². The second-order valence-corrected chi connectivity index (χ2v) is 7.03. The van der Waals surface area contributed by atoms with Gasteiger partial charge in [0.05, 0.1) is 12.6 Å². The Morgan fingerprint density at radius 1 is 1.21 bits per heavy atom. The highest BCUT2D eigenvalue weighted by molar-refractivity contribution is 6.30. The molecule has 0 radical (unpaired) electrons. The summed E-state index contributed by atoms with van der Waals surface area (Å²) in [5.41, 5.74) is 2.06. The second-order valence-electron chi connectivity index (χ2n) is 6.60. The van der Waals surface area contributed by atoms with Crippen molar-refractivity contribution in [2.75, 3.05) is 19.6 Å². The van der Waals surface area contributed by atoms with Crippen LogP contribution in [0.25, 0.3) is 0 Å². The molecular formula is C20H23ClN2O. The van der Waals surface area contributed by atoms with Crippen LogP contribution in [0.15, 0.2) is 54.6 Å². The summed E-state index contributed by atoms with van der Waals surface area (Å²) in [5.74, 6) is 0.730. The highest BCUT2D eigenvalue weighted by atomic mass is 35.5. The largest absolute Gasteiger partial charge is 0.344 e. The lowest BCUT2D eigenvalue weighted by Gasteiger charge is -2.22. The van der Waals surface area contributed by atoms with E-state index >= 15 is 0 Å². The normalized spacial score (nSPS) is 19.2. The maximum atomic E-state index is 12.6. The molecule has 2 aromatic rings. The van der Waals surface area contributed by atoms with Gasteiger partial charge in [-0.3, -0.25) is 9.69 Å². The van der Waals surface area contributed by atoms with Crippen molar-refractivity contribution in [3.05, 3.63) is 70.7 Å². The number of rotatable bonds is 5. The summed E-state index contributed by atoms with van der Waals surface area (Å²) in [7, 11) is 0. The van der Waals surface area contributed by atoms with E-state index in [9.17, 15) is 4.79 Å². The molecule has 1 aliphatic heterocycles. The lowest BCUT2D eigenvalue weighted by atomic mass is 9.98. The topological polar surface area (TPSA) is 32.3 Å². The van der Waals surface area contributed by atoms with Gasteiger partial charge in [-0.1, -0.05) is 61.0 Å². The third-order valence-electron chi connectivity index (χ3n) is 4.50. The molecule has 2 unspecified atom stereocenters. The maximum Gasteiger partial charge on any atom is 0.234 e. The van der Waals surface area contributed by atoms with Crippen molar-refractivity contribution in [3.8, 4) is 0 Å². The zero-order valence-corrected chi connectivity index (χ0v) is 14.7. The lowest BCUT2D eigenvalue weighted by Crippen LogP contribution is -2.38. The third kappa shape index (κ3) is 4.37. The third-order valence-corrected chi connectivity index (χ3v) is 4.73. The molecule has 1 N–H and O–H groups in total. The minimum absolute atomic E-state index is 0.0536. The maximum absolute atomic E-state index is 12.6. The molecular weight excluding hydrogens is 320 g/mol. The molecule has 2 aromatic carbocycles. The predicted octanol–water partition coefficient (Wildman–Crippen LogP) is 3.89. The van der Waals surface area contributed by atoms with Crippen molar-refractivity contribution in [2.45, 2.75) is 19.4 Å². The van der Waals surface area contributed by atoms with Gasteiger partial charge in [-0.2, -0.15) is 0 Å². The van der Waals surface area contributed by atoms with Gasteiger partial charge in [0.15, 0.2) is 0 Å². The number of nitrogens with one attached hydrogen (secondary N) is 1. The minimum Gasteiger partial charge on any atom is -0.344 e. The van der Waals surface area contributed by atoms with Crippen LogP contribution in [0.2, 0.25) is 5.02 Å². The summed E-state index contributed by atoms with van der Waals surface area (Å²) in [6, 6.07) is 17.5. The van der Waals surface area contributed by atoms with Gasteiger partial charge in [0, 0.05) is 11.6 Å². The molecule has 3 nitrogen and oxygen atoms in total. The van der Waals surface area contributed by atoms with Crippen molar-refractivity contribution in [3.63, 3.8) is 0 Å². The highest BCUT2D eigenvalue weighted by Crippen LogP contribution is 2.24. The number of benzene rings is 2. The molecule has 0 aliphatic carbocycles. The van der Waals surface area contributed by atoms with E-state index in [1.54, 1.807) is 0 Å². The minimum atomic E-state index is -0.183. The first kappa shape index (κ1) is 17.0. The Morgan fingerprint density at radius 2 is 1.96 bits per heavy atom. The number of likely N-dealkylation sites (tertiary alicyclic amines) is 1. The molecule has 1 saturated heterocycles. The quantitative estimate of drug-likeness (QED) is 0.894. The van der Waals surface area contributed by atoms with Crippen molar-refractivity contribution < 1.29 is 4.79 Å². The number of carbonyl (C=O) groups is 1. The zero-order chi connectivity index (χ0) is 16.9. The lowest BCUT2D eigenvalue weighted by molar-refractivity contribution is -0.122. The number of hydrogen-bond donors (Lipinski definition) is 1. The Kier molecular flexibility index (Phi) is 5.54. The van der Waals surface area contributed by atoms with Gasteiger partial charge in [0.2, 0.25) is 5.91 Å². The van der Waals surface area contributed by atoms with E-state index in [2.05, 4.69) is 17.1 Å². The van der Waals surface area contributed by atoms with Crippen LogP contribution in [0.5, 0.6) is 0 Å². The SMILES string of the molecule is CC1CCN(CC(=O)NC(c2ccccc2)c2cccc(Cl)c2)C1. The van der Waals surface area contributed by atoms with Crippen LogP contribution in [0.1, 0.15) is 30.5 Å². The Balaban J connectivity index is 1.76. The van der Waals surface area contributed by atoms with E-state index in [1.165, 1.54) is 6.42 Å². The van der Waals surface area contributed by atoms with Gasteiger partial charge in [0.25, 0.3) is 0 Å². The van der Waals surface area contributed by atoms with E-state index in [0.29, 0.717) is 17.5 Å². The van der Waals surface area contributed by atoms with Crippen molar-refractivity contribution in [1.29, 1.82) is 0 Å².